The number of rotatable bonds is 1. The van der Waals surface area contributed by atoms with Crippen LogP contribution in [0.15, 0.2) is 18.2 Å². The quantitative estimate of drug-likeness (QED) is 0.734. The number of ether oxygens (including phenoxy) is 1. The van der Waals surface area contributed by atoms with Gasteiger partial charge >= 0.3 is 0 Å². The second kappa shape index (κ2) is 3.70. The first-order valence-electron chi connectivity index (χ1n) is 5.40. The van der Waals surface area contributed by atoms with Crippen LogP contribution in [-0.4, -0.2) is 18.1 Å². The highest BCUT2D eigenvalue weighted by Crippen LogP contribution is 2.39. The van der Waals surface area contributed by atoms with Gasteiger partial charge in [-0.2, -0.15) is 0 Å². The van der Waals surface area contributed by atoms with Gasteiger partial charge in [0.05, 0.1) is 11.4 Å². The van der Waals surface area contributed by atoms with Gasteiger partial charge in [-0.05, 0) is 32.9 Å². The first-order valence-corrected chi connectivity index (χ1v) is 5.40. The summed E-state index contributed by atoms with van der Waals surface area (Å²) in [6.07, 6.45) is -0.473. The standard InChI is InChI=1S/C12H16N2O2/c1-7(2)14-10-6-4-5-9(13)11(10)16-8(3)12(14)15/h4-8H,13H2,1-3H3. The summed E-state index contributed by atoms with van der Waals surface area (Å²) in [4.78, 5) is 13.7. The third-order valence-corrected chi connectivity index (χ3v) is 2.68. The summed E-state index contributed by atoms with van der Waals surface area (Å²) in [5.41, 5.74) is 7.18. The van der Waals surface area contributed by atoms with Crippen LogP contribution in [0, 0.1) is 0 Å². The Morgan fingerprint density at radius 2 is 2.12 bits per heavy atom. The van der Waals surface area contributed by atoms with E-state index in [9.17, 15) is 4.79 Å². The van der Waals surface area contributed by atoms with Gasteiger partial charge in [-0.25, -0.2) is 0 Å². The van der Waals surface area contributed by atoms with Crippen molar-refractivity contribution in [3.63, 3.8) is 0 Å². The van der Waals surface area contributed by atoms with Crippen LogP contribution in [0.1, 0.15) is 20.8 Å². The second-order valence-electron chi connectivity index (χ2n) is 4.26. The van der Waals surface area contributed by atoms with Crippen LogP contribution in [0.25, 0.3) is 0 Å². The Morgan fingerprint density at radius 3 is 2.75 bits per heavy atom. The van der Waals surface area contributed by atoms with E-state index in [0.29, 0.717) is 11.4 Å². The lowest BCUT2D eigenvalue weighted by molar-refractivity contribution is -0.125. The van der Waals surface area contributed by atoms with Gasteiger partial charge < -0.3 is 15.4 Å². The molecule has 0 bridgehead atoms. The summed E-state index contributed by atoms with van der Waals surface area (Å²) in [6.45, 7) is 5.69. The van der Waals surface area contributed by atoms with Crippen molar-refractivity contribution in [2.75, 3.05) is 10.6 Å². The molecule has 2 N–H and O–H groups in total. The number of carbonyl (C=O) groups is 1. The van der Waals surface area contributed by atoms with E-state index in [0.717, 1.165) is 5.69 Å². The number of nitrogen functional groups attached to an aromatic ring is 1. The Labute approximate surface area is 95.0 Å². The zero-order valence-corrected chi connectivity index (χ0v) is 9.73. The molecule has 1 aliphatic rings. The van der Waals surface area contributed by atoms with Gasteiger partial charge in [0.15, 0.2) is 11.9 Å². The van der Waals surface area contributed by atoms with Crippen molar-refractivity contribution in [2.45, 2.75) is 32.9 Å². The number of hydrogen-bond donors (Lipinski definition) is 1. The van der Waals surface area contributed by atoms with Crippen LogP contribution >= 0.6 is 0 Å². The topological polar surface area (TPSA) is 55.6 Å². The van der Waals surface area contributed by atoms with Crippen molar-refractivity contribution in [3.8, 4) is 5.75 Å². The number of hydrogen-bond acceptors (Lipinski definition) is 3. The molecule has 0 radical (unpaired) electrons. The molecule has 0 aromatic heterocycles. The molecule has 1 heterocycles. The number of benzene rings is 1. The summed E-state index contributed by atoms with van der Waals surface area (Å²) in [7, 11) is 0. The molecule has 0 fully saturated rings. The molecule has 4 nitrogen and oxygen atoms in total. The van der Waals surface area contributed by atoms with Crippen LogP contribution in [0.5, 0.6) is 5.75 Å². The highest BCUT2D eigenvalue weighted by molar-refractivity contribution is 6.01. The molecule has 1 unspecified atom stereocenters. The molecule has 0 saturated heterocycles. The fourth-order valence-corrected chi connectivity index (χ4v) is 1.93. The first kappa shape index (κ1) is 10.8. The van der Waals surface area contributed by atoms with Crippen LogP contribution in [-0.2, 0) is 4.79 Å². The average molecular weight is 220 g/mol. The maximum Gasteiger partial charge on any atom is 0.268 e. The van der Waals surface area contributed by atoms with Gasteiger partial charge in [0.1, 0.15) is 0 Å². The molecule has 2 rings (SSSR count). The molecule has 0 spiro atoms. The van der Waals surface area contributed by atoms with E-state index in [1.807, 2.05) is 26.0 Å². The van der Waals surface area contributed by atoms with Gasteiger partial charge in [0.25, 0.3) is 5.91 Å². The number of nitrogens with two attached hydrogens (primary N) is 1. The van der Waals surface area contributed by atoms with Crippen molar-refractivity contribution in [3.05, 3.63) is 18.2 Å². The van der Waals surface area contributed by atoms with Crippen LogP contribution < -0.4 is 15.4 Å². The Kier molecular flexibility index (Phi) is 2.50. The fourth-order valence-electron chi connectivity index (χ4n) is 1.93. The molecule has 0 aliphatic carbocycles. The SMILES string of the molecule is CC1Oc2c(N)cccc2N(C(C)C)C1=O. The third-order valence-electron chi connectivity index (χ3n) is 2.68. The summed E-state index contributed by atoms with van der Waals surface area (Å²) >= 11 is 0. The van der Waals surface area contributed by atoms with E-state index in [1.165, 1.54) is 0 Å². The minimum absolute atomic E-state index is 0.0203. The summed E-state index contributed by atoms with van der Waals surface area (Å²) in [5, 5.41) is 0. The predicted molar refractivity (Wildman–Crippen MR) is 63.6 cm³/mol. The lowest BCUT2D eigenvalue weighted by atomic mass is 10.1. The largest absolute Gasteiger partial charge is 0.477 e. The smallest absolute Gasteiger partial charge is 0.268 e. The molecule has 1 atom stereocenters. The van der Waals surface area contributed by atoms with Crippen molar-refractivity contribution in [1.82, 2.24) is 0 Å². The molecule has 4 heteroatoms. The number of fused-ring (bicyclic) bond motifs is 1. The van der Waals surface area contributed by atoms with Gasteiger partial charge in [0.2, 0.25) is 0 Å². The Balaban J connectivity index is 2.56. The lowest BCUT2D eigenvalue weighted by Gasteiger charge is -2.36. The number of nitrogens with zero attached hydrogens (tertiary/aromatic N) is 1. The number of anilines is 2. The van der Waals surface area contributed by atoms with Crippen LogP contribution in [0.2, 0.25) is 0 Å². The average Bonchev–Trinajstić information content (AvgIpc) is 2.21. The minimum Gasteiger partial charge on any atom is -0.477 e. The molecule has 86 valence electrons. The van der Waals surface area contributed by atoms with Gasteiger partial charge in [-0.15, -0.1) is 0 Å². The Bertz CT molecular complexity index is 429. The second-order valence-corrected chi connectivity index (χ2v) is 4.26. The highest BCUT2D eigenvalue weighted by atomic mass is 16.5. The van der Waals surface area contributed by atoms with E-state index in [-0.39, 0.29) is 11.9 Å². The molecular weight excluding hydrogens is 204 g/mol. The number of carbonyl (C=O) groups excluding carboxylic acids is 1. The molecule has 1 aliphatic heterocycles. The van der Waals surface area contributed by atoms with Crippen LogP contribution in [0.3, 0.4) is 0 Å². The van der Waals surface area contributed by atoms with E-state index in [2.05, 4.69) is 0 Å². The number of para-hydroxylation sites is 1. The maximum atomic E-state index is 12.0. The Morgan fingerprint density at radius 1 is 1.44 bits per heavy atom. The van der Waals surface area contributed by atoms with Crippen LogP contribution in [0.4, 0.5) is 11.4 Å². The van der Waals surface area contributed by atoms with Crippen molar-refractivity contribution in [1.29, 1.82) is 0 Å². The Hall–Kier alpha value is -1.71. The molecule has 16 heavy (non-hydrogen) atoms. The fraction of sp³-hybridized carbons (Fsp3) is 0.417. The molecule has 1 aromatic carbocycles. The van der Waals surface area contributed by atoms with Crippen molar-refractivity contribution < 1.29 is 9.53 Å². The lowest BCUT2D eigenvalue weighted by Crippen LogP contribution is -2.48. The minimum atomic E-state index is -0.473. The normalized spacial score (nSPS) is 19.6. The number of amides is 1. The van der Waals surface area contributed by atoms with E-state index >= 15 is 0 Å². The van der Waals surface area contributed by atoms with Crippen molar-refractivity contribution in [2.24, 2.45) is 0 Å². The summed E-state index contributed by atoms with van der Waals surface area (Å²) in [6, 6.07) is 5.56. The summed E-state index contributed by atoms with van der Waals surface area (Å²) in [5.74, 6) is 0.594. The zero-order valence-electron chi connectivity index (χ0n) is 9.73. The molecule has 1 aromatic rings. The third kappa shape index (κ3) is 1.50. The van der Waals surface area contributed by atoms with Gasteiger partial charge in [0, 0.05) is 6.04 Å². The monoisotopic (exact) mass is 220 g/mol. The van der Waals surface area contributed by atoms with E-state index < -0.39 is 6.10 Å². The molecule has 1 amide bonds. The summed E-state index contributed by atoms with van der Waals surface area (Å²) < 4.78 is 5.54. The maximum absolute atomic E-state index is 12.0. The highest BCUT2D eigenvalue weighted by Gasteiger charge is 2.33. The van der Waals surface area contributed by atoms with E-state index in [1.54, 1.807) is 17.9 Å². The molecule has 0 saturated carbocycles. The first-order chi connectivity index (χ1) is 7.52. The zero-order chi connectivity index (χ0) is 11.9. The molecular formula is C12H16N2O2. The van der Waals surface area contributed by atoms with Gasteiger partial charge in [-0.1, -0.05) is 6.07 Å². The van der Waals surface area contributed by atoms with Gasteiger partial charge in [-0.3, -0.25) is 4.79 Å². The predicted octanol–water partition coefficient (Wildman–Crippen LogP) is 1.79. The van der Waals surface area contributed by atoms with E-state index in [4.69, 9.17) is 10.5 Å². The van der Waals surface area contributed by atoms with Crippen molar-refractivity contribution >= 4 is 17.3 Å².